The number of carbonyl (C=O) groups is 2. The van der Waals surface area contributed by atoms with Crippen molar-refractivity contribution in [1.82, 2.24) is 10.6 Å². The van der Waals surface area contributed by atoms with Gasteiger partial charge in [0.25, 0.3) is 0 Å². The van der Waals surface area contributed by atoms with E-state index in [-0.39, 0.29) is 34.5 Å². The van der Waals surface area contributed by atoms with E-state index in [2.05, 4.69) is 10.6 Å². The third-order valence-corrected chi connectivity index (χ3v) is 4.68. The van der Waals surface area contributed by atoms with Crippen LogP contribution in [0, 0.1) is 0 Å². The van der Waals surface area contributed by atoms with E-state index in [0.717, 1.165) is 0 Å². The quantitative estimate of drug-likeness (QED) is 0.308. The first-order chi connectivity index (χ1) is 15.4. The van der Waals surface area contributed by atoms with Crippen molar-refractivity contribution >= 4 is 17.9 Å². The largest absolute Gasteiger partial charge is 0.504 e. The fraction of sp³-hybridized carbons (Fsp3) is 0.182. The molecule has 0 fully saturated rings. The number of benzene rings is 2. The van der Waals surface area contributed by atoms with Gasteiger partial charge in [-0.25, -0.2) is 4.79 Å². The predicted molar refractivity (Wildman–Crippen MR) is 113 cm³/mol. The van der Waals surface area contributed by atoms with Crippen LogP contribution in [-0.4, -0.2) is 48.1 Å². The van der Waals surface area contributed by atoms with Crippen LogP contribution < -0.4 is 20.1 Å². The summed E-state index contributed by atoms with van der Waals surface area (Å²) in [7, 11) is 2.78. The molecular formula is C22H22N2O8. The molecule has 0 aliphatic carbocycles. The molecule has 10 nitrogen and oxygen atoms in total. The number of urea groups is 1. The number of phenolic OH excluding ortho intramolecular Hbond substituents is 2. The van der Waals surface area contributed by atoms with Crippen molar-refractivity contribution in [3.8, 4) is 23.0 Å². The fourth-order valence-electron chi connectivity index (χ4n) is 3.16. The van der Waals surface area contributed by atoms with Crippen LogP contribution in [0.3, 0.4) is 0 Å². The monoisotopic (exact) mass is 442 g/mol. The van der Waals surface area contributed by atoms with Gasteiger partial charge < -0.3 is 34.8 Å². The number of phenols is 2. The summed E-state index contributed by atoms with van der Waals surface area (Å²) in [5.74, 6) is -0.488. The summed E-state index contributed by atoms with van der Waals surface area (Å²) in [4.78, 5) is 25.3. The molecule has 32 heavy (non-hydrogen) atoms. The number of ketones is 1. The molecule has 10 heteroatoms. The van der Waals surface area contributed by atoms with Crippen molar-refractivity contribution in [3.63, 3.8) is 0 Å². The van der Waals surface area contributed by atoms with Gasteiger partial charge in [-0.3, -0.25) is 10.1 Å². The van der Waals surface area contributed by atoms with E-state index in [1.165, 1.54) is 50.6 Å². The molecule has 0 radical (unpaired) electrons. The lowest BCUT2D eigenvalue weighted by Gasteiger charge is -2.28. The highest BCUT2D eigenvalue weighted by Crippen LogP contribution is 2.34. The molecule has 3 rings (SSSR count). The van der Waals surface area contributed by atoms with E-state index in [9.17, 15) is 24.9 Å². The second-order valence-electron chi connectivity index (χ2n) is 6.61. The van der Waals surface area contributed by atoms with Gasteiger partial charge in [-0.1, -0.05) is 18.2 Å². The number of carbonyl (C=O) groups excluding carboxylic acids is 2. The zero-order chi connectivity index (χ0) is 23.3. The Kier molecular flexibility index (Phi) is 6.86. The molecule has 2 amide bonds. The van der Waals surface area contributed by atoms with Crippen molar-refractivity contribution in [2.75, 3.05) is 21.0 Å². The number of aliphatic hydroxyl groups is 1. The lowest BCUT2D eigenvalue weighted by molar-refractivity contribution is -0.112. The summed E-state index contributed by atoms with van der Waals surface area (Å²) >= 11 is 0. The Hall–Kier alpha value is -4.18. The summed E-state index contributed by atoms with van der Waals surface area (Å²) in [6.07, 6.45) is 2.75. The molecule has 1 unspecified atom stereocenters. The molecule has 1 aliphatic heterocycles. The van der Waals surface area contributed by atoms with Crippen molar-refractivity contribution in [1.29, 1.82) is 0 Å². The van der Waals surface area contributed by atoms with Crippen LogP contribution in [0.2, 0.25) is 0 Å². The Morgan fingerprint density at radius 3 is 2.38 bits per heavy atom. The van der Waals surface area contributed by atoms with Gasteiger partial charge in [0.05, 0.1) is 25.8 Å². The molecule has 0 spiro atoms. The molecule has 5 N–H and O–H groups in total. The summed E-state index contributed by atoms with van der Waals surface area (Å²) in [5.41, 5.74) is 1.04. The Bertz CT molecular complexity index is 1090. The molecule has 0 bridgehead atoms. The number of rotatable bonds is 8. The number of nitrogens with one attached hydrogen (secondary N) is 2. The first-order valence-electron chi connectivity index (χ1n) is 9.39. The number of hydrogen-bond donors (Lipinski definition) is 5. The number of amides is 2. The van der Waals surface area contributed by atoms with Gasteiger partial charge in [0.2, 0.25) is 5.88 Å². The third kappa shape index (κ3) is 4.76. The fourth-order valence-corrected chi connectivity index (χ4v) is 3.16. The second-order valence-corrected chi connectivity index (χ2v) is 6.61. The number of ether oxygens (including phenoxy) is 3. The zero-order valence-corrected chi connectivity index (χ0v) is 17.3. The average Bonchev–Trinajstić information content (AvgIpc) is 2.78. The van der Waals surface area contributed by atoms with Crippen molar-refractivity contribution < 1.29 is 39.1 Å². The Morgan fingerprint density at radius 1 is 1.06 bits per heavy atom. The predicted octanol–water partition coefficient (Wildman–Crippen LogP) is 1.93. The standard InChI is InChI=1S/C22H22N2O8/c1-30-17-9-12(3-6-14(17)26)4-7-16(28)19-20(23-22(29)24-21(19)32-11-25)13-5-8-15(27)18(10-13)31-2/h3-10,20,25-27H,11H2,1-2H3,(H2,23,24,29)/b7-4+. The highest BCUT2D eigenvalue weighted by molar-refractivity contribution is 6.09. The first kappa shape index (κ1) is 22.5. The van der Waals surface area contributed by atoms with Crippen molar-refractivity contribution in [3.05, 3.63) is 65.1 Å². The highest BCUT2D eigenvalue weighted by Gasteiger charge is 2.33. The van der Waals surface area contributed by atoms with Crippen LogP contribution in [0.1, 0.15) is 17.2 Å². The summed E-state index contributed by atoms with van der Waals surface area (Å²) in [5, 5.41) is 33.8. The van der Waals surface area contributed by atoms with Gasteiger partial charge in [0.15, 0.2) is 35.6 Å². The molecule has 2 aromatic carbocycles. The molecule has 0 saturated heterocycles. The van der Waals surface area contributed by atoms with Crippen LogP contribution in [0.4, 0.5) is 4.79 Å². The Balaban J connectivity index is 2.02. The minimum atomic E-state index is -0.952. The highest BCUT2D eigenvalue weighted by atomic mass is 16.6. The van der Waals surface area contributed by atoms with E-state index >= 15 is 0 Å². The maximum Gasteiger partial charge on any atom is 0.322 e. The summed E-state index contributed by atoms with van der Waals surface area (Å²) in [6.45, 7) is -0.767. The molecule has 168 valence electrons. The Morgan fingerprint density at radius 2 is 1.72 bits per heavy atom. The molecule has 0 aromatic heterocycles. The number of aliphatic hydroxyl groups excluding tert-OH is 1. The van der Waals surface area contributed by atoms with Crippen LogP contribution in [-0.2, 0) is 9.53 Å². The molecule has 1 aliphatic rings. The summed E-state index contributed by atoms with van der Waals surface area (Å²) < 4.78 is 15.3. The van der Waals surface area contributed by atoms with E-state index in [4.69, 9.17) is 14.2 Å². The van der Waals surface area contributed by atoms with Gasteiger partial charge >= 0.3 is 6.03 Å². The lowest BCUT2D eigenvalue weighted by atomic mass is 9.93. The van der Waals surface area contributed by atoms with Gasteiger partial charge in [-0.2, -0.15) is 0 Å². The first-order valence-corrected chi connectivity index (χ1v) is 9.39. The van der Waals surface area contributed by atoms with Gasteiger partial charge in [-0.05, 0) is 41.5 Å². The molecular weight excluding hydrogens is 420 g/mol. The molecule has 1 heterocycles. The van der Waals surface area contributed by atoms with E-state index < -0.39 is 24.6 Å². The van der Waals surface area contributed by atoms with Gasteiger partial charge in [-0.15, -0.1) is 0 Å². The molecule has 1 atom stereocenters. The van der Waals surface area contributed by atoms with Gasteiger partial charge in [0, 0.05) is 0 Å². The van der Waals surface area contributed by atoms with Crippen LogP contribution in [0.5, 0.6) is 23.0 Å². The normalized spacial score (nSPS) is 15.8. The maximum atomic E-state index is 13.1. The Labute approximate surface area is 183 Å². The third-order valence-electron chi connectivity index (χ3n) is 4.68. The topological polar surface area (TPSA) is 147 Å². The number of allylic oxidation sites excluding steroid dienone is 1. The number of hydrogen-bond acceptors (Lipinski definition) is 8. The molecule has 0 saturated carbocycles. The van der Waals surface area contributed by atoms with Crippen LogP contribution in [0.15, 0.2) is 53.9 Å². The smallest absolute Gasteiger partial charge is 0.322 e. The van der Waals surface area contributed by atoms with E-state index in [1.54, 1.807) is 12.1 Å². The van der Waals surface area contributed by atoms with Crippen LogP contribution in [0.25, 0.3) is 6.08 Å². The van der Waals surface area contributed by atoms with Crippen molar-refractivity contribution in [2.45, 2.75) is 6.04 Å². The number of methoxy groups -OCH3 is 2. The van der Waals surface area contributed by atoms with Gasteiger partial charge in [0.1, 0.15) is 0 Å². The summed E-state index contributed by atoms with van der Waals surface area (Å²) in [6, 6.07) is 7.33. The van der Waals surface area contributed by atoms with Crippen molar-refractivity contribution in [2.24, 2.45) is 0 Å². The second kappa shape index (κ2) is 9.75. The minimum absolute atomic E-state index is 0.0217. The zero-order valence-electron chi connectivity index (χ0n) is 17.3. The van der Waals surface area contributed by atoms with E-state index in [1.807, 2.05) is 0 Å². The molecule has 2 aromatic rings. The lowest BCUT2D eigenvalue weighted by Crippen LogP contribution is -2.46. The average molecular weight is 442 g/mol. The number of aromatic hydroxyl groups is 2. The van der Waals surface area contributed by atoms with Crippen LogP contribution >= 0.6 is 0 Å². The maximum absolute atomic E-state index is 13.1. The SMILES string of the molecule is COc1cc(/C=C/C(=O)C2=C(OCO)NC(=O)NC2c2ccc(O)c(OC)c2)ccc1O. The minimum Gasteiger partial charge on any atom is -0.504 e. The van der Waals surface area contributed by atoms with E-state index in [0.29, 0.717) is 11.1 Å².